The van der Waals surface area contributed by atoms with Gasteiger partial charge in [-0.15, -0.1) is 11.8 Å². The molecule has 0 radical (unpaired) electrons. The Bertz CT molecular complexity index is 560. The molecule has 7 heteroatoms. The number of benzene rings is 1. The molecule has 0 atom stereocenters. The number of amides is 1. The molecule has 0 saturated heterocycles. The first kappa shape index (κ1) is 17.0. The number of carbonyl (C=O) groups is 1. The van der Waals surface area contributed by atoms with Crippen LogP contribution in [-0.2, 0) is 20.6 Å². The third-order valence-corrected chi connectivity index (χ3v) is 4.25. The minimum atomic E-state index is -3.53. The molecule has 0 aliphatic heterocycles. The lowest BCUT2D eigenvalue weighted by Crippen LogP contribution is -2.19. The number of carbonyl (C=O) groups excluding carboxylic acids is 1. The van der Waals surface area contributed by atoms with E-state index in [0.717, 1.165) is 0 Å². The second-order valence-corrected chi connectivity index (χ2v) is 8.87. The van der Waals surface area contributed by atoms with Crippen molar-refractivity contribution in [2.75, 3.05) is 11.1 Å². The van der Waals surface area contributed by atoms with Crippen molar-refractivity contribution in [1.29, 1.82) is 0 Å². The van der Waals surface area contributed by atoms with E-state index in [1.807, 2.05) is 20.8 Å². The number of anilines is 1. The minimum absolute atomic E-state index is 0.0384. The molecule has 1 amide bonds. The second kappa shape index (κ2) is 6.60. The van der Waals surface area contributed by atoms with Crippen LogP contribution in [-0.4, -0.2) is 24.8 Å². The molecule has 3 N–H and O–H groups in total. The van der Waals surface area contributed by atoms with E-state index in [-0.39, 0.29) is 16.4 Å². The van der Waals surface area contributed by atoms with Gasteiger partial charge in [-0.05, 0) is 17.7 Å². The molecule has 0 saturated carbocycles. The van der Waals surface area contributed by atoms with E-state index >= 15 is 0 Å². The van der Waals surface area contributed by atoms with Crippen LogP contribution in [0.4, 0.5) is 5.69 Å². The van der Waals surface area contributed by atoms with Crippen molar-refractivity contribution in [3.63, 3.8) is 0 Å². The number of nitrogens with two attached hydrogens (primary N) is 1. The van der Waals surface area contributed by atoms with Gasteiger partial charge in [-0.2, -0.15) is 0 Å². The number of primary sulfonamides is 1. The van der Waals surface area contributed by atoms with Crippen LogP contribution in [0.5, 0.6) is 0 Å². The van der Waals surface area contributed by atoms with Crippen LogP contribution in [0.25, 0.3) is 0 Å². The highest BCUT2D eigenvalue weighted by atomic mass is 32.2. The van der Waals surface area contributed by atoms with Crippen LogP contribution < -0.4 is 10.5 Å². The topological polar surface area (TPSA) is 89.3 Å². The molecule has 1 aromatic rings. The molecule has 20 heavy (non-hydrogen) atoms. The number of thioether (sulfide) groups is 1. The van der Waals surface area contributed by atoms with Crippen molar-refractivity contribution in [2.45, 2.75) is 31.3 Å². The van der Waals surface area contributed by atoms with Crippen molar-refractivity contribution in [1.82, 2.24) is 0 Å². The summed E-state index contributed by atoms with van der Waals surface area (Å²) in [4.78, 5) is 11.7. The summed E-state index contributed by atoms with van der Waals surface area (Å²) in [5.41, 5.74) is 1.23. The van der Waals surface area contributed by atoms with Crippen molar-refractivity contribution in [3.8, 4) is 0 Å². The molecule has 0 heterocycles. The summed E-state index contributed by atoms with van der Waals surface area (Å²) in [6.45, 7) is 6.15. The van der Waals surface area contributed by atoms with E-state index in [9.17, 15) is 13.2 Å². The zero-order chi connectivity index (χ0) is 15.4. The average molecular weight is 316 g/mol. The fraction of sp³-hybridized carbons (Fsp3) is 0.462. The van der Waals surface area contributed by atoms with Gasteiger partial charge in [-0.25, -0.2) is 13.6 Å². The van der Waals surface area contributed by atoms with Gasteiger partial charge in [-0.3, -0.25) is 4.79 Å². The predicted octanol–water partition coefficient (Wildman–Crippen LogP) is 1.95. The van der Waals surface area contributed by atoms with Gasteiger partial charge in [0.2, 0.25) is 15.9 Å². The van der Waals surface area contributed by atoms with E-state index in [4.69, 9.17) is 5.14 Å². The maximum absolute atomic E-state index is 11.7. The summed E-state index contributed by atoms with van der Waals surface area (Å²) in [6, 6.07) is 6.61. The normalized spacial score (nSPS) is 12.2. The molecular formula is C13H20N2O3S2. The van der Waals surface area contributed by atoms with Gasteiger partial charge in [0, 0.05) is 10.4 Å². The fourth-order valence-electron chi connectivity index (χ4n) is 1.40. The number of nitrogens with one attached hydrogen (secondary N) is 1. The van der Waals surface area contributed by atoms with E-state index in [2.05, 4.69) is 5.32 Å². The Kier molecular flexibility index (Phi) is 5.61. The van der Waals surface area contributed by atoms with E-state index < -0.39 is 10.0 Å². The largest absolute Gasteiger partial charge is 0.325 e. The van der Waals surface area contributed by atoms with Crippen LogP contribution >= 0.6 is 11.8 Å². The van der Waals surface area contributed by atoms with Crippen molar-refractivity contribution < 1.29 is 13.2 Å². The lowest BCUT2D eigenvalue weighted by atomic mass is 10.2. The predicted molar refractivity (Wildman–Crippen MR) is 84.1 cm³/mol. The Morgan fingerprint density at radius 3 is 2.25 bits per heavy atom. The van der Waals surface area contributed by atoms with Crippen molar-refractivity contribution >= 4 is 33.4 Å². The lowest BCUT2D eigenvalue weighted by Gasteiger charge is -2.17. The number of hydrogen-bond donors (Lipinski definition) is 2. The summed E-state index contributed by atoms with van der Waals surface area (Å²) < 4.78 is 21.9. The second-order valence-electron chi connectivity index (χ2n) is 5.45. The fourth-order valence-corrected chi connectivity index (χ4v) is 2.69. The summed E-state index contributed by atoms with van der Waals surface area (Å²) in [6.07, 6.45) is 0. The van der Waals surface area contributed by atoms with E-state index in [1.54, 1.807) is 36.0 Å². The Morgan fingerprint density at radius 1 is 1.25 bits per heavy atom. The number of rotatable bonds is 5. The van der Waals surface area contributed by atoms with Gasteiger partial charge in [0.1, 0.15) is 0 Å². The Balaban J connectivity index is 2.55. The highest BCUT2D eigenvalue weighted by molar-refractivity contribution is 8.01. The van der Waals surface area contributed by atoms with Gasteiger partial charge in [0.05, 0.1) is 11.5 Å². The molecule has 0 aliphatic carbocycles. The summed E-state index contributed by atoms with van der Waals surface area (Å²) >= 11 is 1.56. The zero-order valence-corrected chi connectivity index (χ0v) is 13.5. The third-order valence-electron chi connectivity index (χ3n) is 2.24. The van der Waals surface area contributed by atoms with E-state index in [1.165, 1.54) is 0 Å². The standard InChI is InChI=1S/C13H20N2O3S2/c1-13(2,3)19-8-12(16)15-11-6-4-10(5-7-11)9-20(14,17)18/h4-7H,8-9H2,1-3H3,(H,15,16)(H2,14,17,18). The van der Waals surface area contributed by atoms with E-state index in [0.29, 0.717) is 17.0 Å². The van der Waals surface area contributed by atoms with Gasteiger partial charge in [0.15, 0.2) is 0 Å². The van der Waals surface area contributed by atoms with Crippen LogP contribution in [0.3, 0.4) is 0 Å². The van der Waals surface area contributed by atoms with Crippen molar-refractivity contribution in [2.24, 2.45) is 5.14 Å². The zero-order valence-electron chi connectivity index (χ0n) is 11.8. The number of hydrogen-bond acceptors (Lipinski definition) is 4. The Morgan fingerprint density at radius 2 is 1.80 bits per heavy atom. The highest BCUT2D eigenvalue weighted by Crippen LogP contribution is 2.23. The maximum Gasteiger partial charge on any atom is 0.234 e. The third kappa shape index (κ3) is 7.52. The monoisotopic (exact) mass is 316 g/mol. The lowest BCUT2D eigenvalue weighted by molar-refractivity contribution is -0.113. The highest BCUT2D eigenvalue weighted by Gasteiger charge is 2.13. The SMILES string of the molecule is CC(C)(C)SCC(=O)Nc1ccc(CS(N)(=O)=O)cc1. The maximum atomic E-state index is 11.7. The summed E-state index contributed by atoms with van der Waals surface area (Å²) in [7, 11) is -3.53. The van der Waals surface area contributed by atoms with Crippen LogP contribution in [0.15, 0.2) is 24.3 Å². The molecule has 1 rings (SSSR count). The first-order chi connectivity index (χ1) is 9.05. The summed E-state index contributed by atoms with van der Waals surface area (Å²) in [5.74, 6) is 0.0907. The van der Waals surface area contributed by atoms with Gasteiger partial charge in [-0.1, -0.05) is 32.9 Å². The molecule has 1 aromatic carbocycles. The molecule has 5 nitrogen and oxygen atoms in total. The molecule has 0 spiro atoms. The van der Waals surface area contributed by atoms with Gasteiger partial charge < -0.3 is 5.32 Å². The molecule has 0 aliphatic rings. The van der Waals surface area contributed by atoms with Crippen LogP contribution in [0.1, 0.15) is 26.3 Å². The number of sulfonamides is 1. The first-order valence-electron chi connectivity index (χ1n) is 6.08. The molecule has 112 valence electrons. The molecule has 0 bridgehead atoms. The molecule has 0 unspecified atom stereocenters. The minimum Gasteiger partial charge on any atom is -0.325 e. The van der Waals surface area contributed by atoms with Gasteiger partial charge >= 0.3 is 0 Å². The quantitative estimate of drug-likeness (QED) is 0.869. The Hall–Kier alpha value is -1.05. The summed E-state index contributed by atoms with van der Waals surface area (Å²) in [5, 5.41) is 7.73. The molecule has 0 aromatic heterocycles. The molecule has 0 fully saturated rings. The molecular weight excluding hydrogens is 296 g/mol. The average Bonchev–Trinajstić information content (AvgIpc) is 2.26. The van der Waals surface area contributed by atoms with Crippen molar-refractivity contribution in [3.05, 3.63) is 29.8 Å². The van der Waals surface area contributed by atoms with Crippen LogP contribution in [0, 0.1) is 0 Å². The van der Waals surface area contributed by atoms with Crippen LogP contribution in [0.2, 0.25) is 0 Å². The Labute approximate surface area is 124 Å². The first-order valence-corrected chi connectivity index (χ1v) is 8.78. The smallest absolute Gasteiger partial charge is 0.234 e. The van der Waals surface area contributed by atoms with Gasteiger partial charge in [0.25, 0.3) is 0 Å².